The molecule has 5 N–H and O–H groups in total. The molecular formula is C8H12F3N3O4. The monoisotopic (exact) mass is 271 g/mol. The van der Waals surface area contributed by atoms with Crippen LogP contribution in [0.4, 0.5) is 18.0 Å². The molecule has 0 rings (SSSR count). The molecule has 104 valence electrons. The van der Waals surface area contributed by atoms with Crippen LogP contribution in [0.25, 0.3) is 0 Å². The molecule has 0 radical (unpaired) electrons. The van der Waals surface area contributed by atoms with E-state index in [1.54, 1.807) is 10.6 Å². The van der Waals surface area contributed by atoms with Crippen molar-refractivity contribution in [2.45, 2.75) is 25.1 Å². The number of rotatable bonds is 5. The van der Waals surface area contributed by atoms with Crippen molar-refractivity contribution in [3.05, 3.63) is 0 Å². The Kier molecular flexibility index (Phi) is 5.09. The standard InChI is InChI=1S/C8H12F3N3O4/c1-7(5(16)17,8(9,10)11)13-3-2-4(15)14-6(12)18/h13H,2-3H2,1H3,(H,16,17)(H3,12,14,15,18). The molecule has 1 unspecified atom stereocenters. The fourth-order valence-electron chi connectivity index (χ4n) is 0.923. The third kappa shape index (κ3) is 4.20. The van der Waals surface area contributed by atoms with E-state index in [0.29, 0.717) is 6.92 Å². The molecule has 0 aliphatic carbocycles. The molecule has 1 atom stereocenters. The summed E-state index contributed by atoms with van der Waals surface area (Å²) in [5.41, 5.74) is 1.44. The average Bonchev–Trinajstić information content (AvgIpc) is 2.13. The Balaban J connectivity index is 4.45. The van der Waals surface area contributed by atoms with Crippen molar-refractivity contribution in [2.24, 2.45) is 5.73 Å². The van der Waals surface area contributed by atoms with E-state index in [9.17, 15) is 27.6 Å². The normalized spacial score (nSPS) is 14.7. The number of urea groups is 1. The molecule has 0 aromatic rings. The summed E-state index contributed by atoms with van der Waals surface area (Å²) in [4.78, 5) is 31.7. The number of hydrogen-bond donors (Lipinski definition) is 4. The summed E-state index contributed by atoms with van der Waals surface area (Å²) >= 11 is 0. The van der Waals surface area contributed by atoms with Crippen LogP contribution in [0, 0.1) is 0 Å². The quantitative estimate of drug-likeness (QED) is 0.540. The highest BCUT2D eigenvalue weighted by Crippen LogP contribution is 2.30. The van der Waals surface area contributed by atoms with Crippen LogP contribution in [0.1, 0.15) is 13.3 Å². The molecule has 3 amide bonds. The fourth-order valence-corrected chi connectivity index (χ4v) is 0.923. The fraction of sp³-hybridized carbons (Fsp3) is 0.625. The number of imide groups is 1. The van der Waals surface area contributed by atoms with Gasteiger partial charge in [-0.05, 0) is 6.92 Å². The van der Waals surface area contributed by atoms with Gasteiger partial charge in [0, 0.05) is 13.0 Å². The molecule has 0 aromatic heterocycles. The van der Waals surface area contributed by atoms with Crippen molar-refractivity contribution in [3.63, 3.8) is 0 Å². The Morgan fingerprint density at radius 1 is 1.28 bits per heavy atom. The summed E-state index contributed by atoms with van der Waals surface area (Å²) in [6.45, 7) is -0.150. The second-order valence-electron chi connectivity index (χ2n) is 3.52. The van der Waals surface area contributed by atoms with Gasteiger partial charge in [0.15, 0.2) is 0 Å². The van der Waals surface area contributed by atoms with Gasteiger partial charge in [0.25, 0.3) is 0 Å². The molecule has 18 heavy (non-hydrogen) atoms. The smallest absolute Gasteiger partial charge is 0.417 e. The SMILES string of the molecule is CC(NCCC(=O)NC(N)=O)(C(=O)O)C(F)(F)F. The Morgan fingerprint density at radius 2 is 1.78 bits per heavy atom. The van der Waals surface area contributed by atoms with Gasteiger partial charge in [-0.2, -0.15) is 13.2 Å². The zero-order chi connectivity index (χ0) is 14.6. The summed E-state index contributed by atoms with van der Waals surface area (Å²) in [6.07, 6.45) is -5.55. The maximum atomic E-state index is 12.5. The molecule has 7 nitrogen and oxygen atoms in total. The Morgan fingerprint density at radius 3 is 2.11 bits per heavy atom. The van der Waals surface area contributed by atoms with Crippen LogP contribution in [0.3, 0.4) is 0 Å². The number of nitrogens with two attached hydrogens (primary N) is 1. The van der Waals surface area contributed by atoms with Gasteiger partial charge in [-0.15, -0.1) is 0 Å². The maximum absolute atomic E-state index is 12.5. The number of hydrogen-bond acceptors (Lipinski definition) is 4. The first-order valence-electron chi connectivity index (χ1n) is 4.65. The first-order chi connectivity index (χ1) is 8.00. The van der Waals surface area contributed by atoms with Crippen LogP contribution in [0.15, 0.2) is 0 Å². The summed E-state index contributed by atoms with van der Waals surface area (Å²) in [7, 11) is 0. The molecule has 0 saturated carbocycles. The highest BCUT2D eigenvalue weighted by Gasteiger charge is 2.57. The summed E-state index contributed by atoms with van der Waals surface area (Å²) < 4.78 is 37.4. The van der Waals surface area contributed by atoms with E-state index >= 15 is 0 Å². The summed E-state index contributed by atoms with van der Waals surface area (Å²) in [5.74, 6) is -3.03. The van der Waals surface area contributed by atoms with Gasteiger partial charge in [0.05, 0.1) is 0 Å². The van der Waals surface area contributed by atoms with Gasteiger partial charge >= 0.3 is 18.2 Å². The van der Waals surface area contributed by atoms with E-state index in [2.05, 4.69) is 5.73 Å². The number of carboxylic acid groups (broad SMARTS) is 1. The van der Waals surface area contributed by atoms with E-state index in [0.717, 1.165) is 0 Å². The van der Waals surface area contributed by atoms with Crippen LogP contribution in [-0.2, 0) is 9.59 Å². The second-order valence-corrected chi connectivity index (χ2v) is 3.52. The van der Waals surface area contributed by atoms with E-state index in [1.807, 2.05) is 0 Å². The number of alkyl halides is 3. The number of primary amides is 1. The maximum Gasteiger partial charge on any atom is 0.417 e. The molecule has 0 heterocycles. The van der Waals surface area contributed by atoms with Gasteiger partial charge in [-0.1, -0.05) is 0 Å². The summed E-state index contributed by atoms with van der Waals surface area (Å²) in [6, 6.07) is -1.14. The zero-order valence-electron chi connectivity index (χ0n) is 9.30. The third-order valence-electron chi connectivity index (χ3n) is 2.09. The molecule has 0 spiro atoms. The van der Waals surface area contributed by atoms with Gasteiger partial charge in [-0.3, -0.25) is 15.4 Å². The second kappa shape index (κ2) is 5.67. The lowest BCUT2D eigenvalue weighted by Crippen LogP contribution is -2.60. The lowest BCUT2D eigenvalue weighted by molar-refractivity contribution is -0.206. The Bertz CT molecular complexity index is 358. The largest absolute Gasteiger partial charge is 0.480 e. The predicted molar refractivity (Wildman–Crippen MR) is 52.4 cm³/mol. The Hall–Kier alpha value is -1.84. The van der Waals surface area contributed by atoms with Crippen LogP contribution in [-0.4, -0.2) is 41.3 Å². The van der Waals surface area contributed by atoms with Crippen molar-refractivity contribution >= 4 is 17.9 Å². The van der Waals surface area contributed by atoms with E-state index in [4.69, 9.17) is 5.11 Å². The zero-order valence-corrected chi connectivity index (χ0v) is 9.30. The number of halogens is 3. The minimum atomic E-state index is -5.03. The molecular weight excluding hydrogens is 259 g/mol. The number of carboxylic acids is 1. The van der Waals surface area contributed by atoms with Crippen molar-refractivity contribution in [3.8, 4) is 0 Å². The minimum Gasteiger partial charge on any atom is -0.480 e. The first-order valence-corrected chi connectivity index (χ1v) is 4.65. The van der Waals surface area contributed by atoms with Gasteiger partial charge in [-0.25, -0.2) is 9.59 Å². The molecule has 0 bridgehead atoms. The van der Waals surface area contributed by atoms with E-state index in [-0.39, 0.29) is 0 Å². The highest BCUT2D eigenvalue weighted by atomic mass is 19.4. The molecule has 0 saturated heterocycles. The number of nitrogens with one attached hydrogen (secondary N) is 2. The third-order valence-corrected chi connectivity index (χ3v) is 2.09. The van der Waals surface area contributed by atoms with Crippen molar-refractivity contribution in [2.75, 3.05) is 6.54 Å². The molecule has 0 aliphatic rings. The molecule has 10 heteroatoms. The number of carbonyl (C=O) groups excluding carboxylic acids is 2. The van der Waals surface area contributed by atoms with Gasteiger partial charge in [0.2, 0.25) is 11.4 Å². The topological polar surface area (TPSA) is 122 Å². The van der Waals surface area contributed by atoms with Crippen LogP contribution >= 0.6 is 0 Å². The predicted octanol–water partition coefficient (Wildman–Crippen LogP) is -0.433. The average molecular weight is 271 g/mol. The lowest BCUT2D eigenvalue weighted by atomic mass is 10.0. The van der Waals surface area contributed by atoms with Gasteiger partial charge in [0.1, 0.15) is 0 Å². The molecule has 0 aromatic carbocycles. The van der Waals surface area contributed by atoms with Crippen LogP contribution in [0.2, 0.25) is 0 Å². The van der Waals surface area contributed by atoms with Crippen LogP contribution < -0.4 is 16.4 Å². The van der Waals surface area contributed by atoms with E-state index in [1.165, 1.54) is 0 Å². The molecule has 0 fully saturated rings. The van der Waals surface area contributed by atoms with E-state index < -0.39 is 42.6 Å². The summed E-state index contributed by atoms with van der Waals surface area (Å²) in [5, 5.41) is 11.9. The lowest BCUT2D eigenvalue weighted by Gasteiger charge is -2.28. The van der Waals surface area contributed by atoms with Crippen LogP contribution in [0.5, 0.6) is 0 Å². The minimum absolute atomic E-state index is 0.432. The highest BCUT2D eigenvalue weighted by molar-refractivity contribution is 5.93. The Labute approximate surface area is 99.5 Å². The van der Waals surface area contributed by atoms with Gasteiger partial charge < -0.3 is 10.8 Å². The number of aliphatic carboxylic acids is 1. The van der Waals surface area contributed by atoms with Crippen molar-refractivity contribution in [1.82, 2.24) is 10.6 Å². The van der Waals surface area contributed by atoms with Crippen molar-refractivity contribution < 1.29 is 32.7 Å². The first kappa shape index (κ1) is 16.2. The molecule has 0 aliphatic heterocycles. The van der Waals surface area contributed by atoms with Crippen molar-refractivity contribution in [1.29, 1.82) is 0 Å². The number of carbonyl (C=O) groups is 3. The number of amides is 3.